The summed E-state index contributed by atoms with van der Waals surface area (Å²) in [6, 6.07) is 81.0. The maximum absolute atomic E-state index is 9.49. The van der Waals surface area contributed by atoms with Crippen LogP contribution in [-0.2, 0) is 21.7 Å². The summed E-state index contributed by atoms with van der Waals surface area (Å²) in [6.45, 7) is 20.5. The number of fused-ring (bicyclic) bond motifs is 10. The van der Waals surface area contributed by atoms with Gasteiger partial charge < -0.3 is 9.80 Å². The maximum Gasteiger partial charge on any atom is 0.247 e. The van der Waals surface area contributed by atoms with Crippen LogP contribution in [0.25, 0.3) is 44.5 Å². The van der Waals surface area contributed by atoms with Crippen molar-refractivity contribution in [2.45, 2.75) is 84.0 Å². The van der Waals surface area contributed by atoms with E-state index in [0.29, 0.717) is 5.56 Å². The zero-order valence-electron chi connectivity index (χ0n) is 53.3. The lowest BCUT2D eigenvalue weighted by Crippen LogP contribution is -2.65. The molecule has 14 rings (SSSR count). The Labute approximate surface area is 493 Å². The minimum atomic E-state index is -1.04. The summed E-state index contributed by atoms with van der Waals surface area (Å²) >= 11 is 0. The Hall–Kier alpha value is -8.92. The molecule has 2 nitrogen and oxygen atoms in total. The van der Waals surface area contributed by atoms with Crippen molar-refractivity contribution in [3.05, 3.63) is 294 Å². The van der Waals surface area contributed by atoms with Crippen LogP contribution < -0.4 is 26.2 Å². The van der Waals surface area contributed by atoms with Gasteiger partial charge in [-0.3, -0.25) is 0 Å². The van der Waals surface area contributed by atoms with Gasteiger partial charge in [0.2, 0.25) is 6.71 Å². The summed E-state index contributed by atoms with van der Waals surface area (Å²) in [5.74, 6) is 0. The van der Waals surface area contributed by atoms with Crippen LogP contribution >= 0.6 is 0 Å². The van der Waals surface area contributed by atoms with Crippen LogP contribution in [0, 0.1) is 0 Å². The molecule has 11 aromatic carbocycles. The third-order valence-corrected chi connectivity index (χ3v) is 17.6. The summed E-state index contributed by atoms with van der Waals surface area (Å²) < 4.78 is 45.7. The second kappa shape index (κ2) is 19.1. The summed E-state index contributed by atoms with van der Waals surface area (Å²) in [5.41, 5.74) is 23.6. The van der Waals surface area contributed by atoms with Crippen LogP contribution in [0.3, 0.4) is 0 Å². The van der Waals surface area contributed by atoms with Gasteiger partial charge >= 0.3 is 0 Å². The molecule has 0 bridgehead atoms. The lowest BCUT2D eigenvalue weighted by molar-refractivity contribution is 0.569. The van der Waals surface area contributed by atoms with Crippen LogP contribution in [0.2, 0.25) is 0 Å². The van der Waals surface area contributed by atoms with Crippen LogP contribution in [0.15, 0.2) is 255 Å². The molecule has 82 heavy (non-hydrogen) atoms. The van der Waals surface area contributed by atoms with E-state index < -0.39 is 11.5 Å². The zero-order valence-corrected chi connectivity index (χ0v) is 48.3. The van der Waals surface area contributed by atoms with E-state index in [0.717, 1.165) is 106 Å². The number of benzene rings is 11. The minimum absolute atomic E-state index is 0.113. The van der Waals surface area contributed by atoms with Crippen molar-refractivity contribution in [2.24, 2.45) is 0 Å². The second-order valence-electron chi connectivity index (χ2n) is 25.7. The van der Waals surface area contributed by atoms with E-state index in [9.17, 15) is 2.74 Å². The van der Waals surface area contributed by atoms with Gasteiger partial charge in [-0.2, -0.15) is 0 Å². The third-order valence-electron chi connectivity index (χ3n) is 17.6. The van der Waals surface area contributed by atoms with E-state index in [-0.39, 0.29) is 52.7 Å². The molecule has 0 N–H and O–H groups in total. The first kappa shape index (κ1) is 45.8. The monoisotopic (exact) mass is 1060 g/mol. The molecule has 3 aliphatic heterocycles. The SMILES string of the molecule is [2H]c1c([2H])c([2H])c(-c2ccc3c(c2)C2(c4ccccc4N(c4ccccc4)c4ccccc42)c2cc(C(C)(C)C)cc4c2B3c2ccc(-c3cc(C(C)(C)C)cc(C(C)(C)C)c3)cc2N4c2c(-c3ccccc3)cccc2-c2ccccc2)c([2H])c1[2H]. The van der Waals surface area contributed by atoms with Crippen molar-refractivity contribution in [1.29, 1.82) is 0 Å². The van der Waals surface area contributed by atoms with Crippen molar-refractivity contribution >= 4 is 57.2 Å². The first-order chi connectivity index (χ1) is 41.7. The smallest absolute Gasteiger partial charge is 0.247 e. The quantitative estimate of drug-likeness (QED) is 0.153. The number of hydrogen-bond donors (Lipinski definition) is 0. The Bertz CT molecular complexity index is 4430. The minimum Gasteiger partial charge on any atom is -0.310 e. The van der Waals surface area contributed by atoms with Crippen molar-refractivity contribution in [3.8, 4) is 44.5 Å². The predicted molar refractivity (Wildman–Crippen MR) is 350 cm³/mol. The first-order valence-electron chi connectivity index (χ1n) is 31.5. The molecule has 3 aliphatic rings. The number of para-hydroxylation sites is 4. The van der Waals surface area contributed by atoms with E-state index in [1.54, 1.807) is 0 Å². The topological polar surface area (TPSA) is 6.48 Å². The normalized spacial score (nSPS) is 14.8. The van der Waals surface area contributed by atoms with E-state index in [4.69, 9.17) is 4.11 Å². The molecule has 0 aromatic heterocycles. The third kappa shape index (κ3) is 8.14. The molecule has 0 saturated heterocycles. The Kier molecular flexibility index (Phi) is 10.7. The van der Waals surface area contributed by atoms with E-state index in [1.165, 1.54) is 16.6 Å². The summed E-state index contributed by atoms with van der Waals surface area (Å²) in [4.78, 5) is 5.02. The van der Waals surface area contributed by atoms with Gasteiger partial charge in [0, 0.05) is 28.2 Å². The van der Waals surface area contributed by atoms with Gasteiger partial charge in [0.05, 0.1) is 29.3 Å². The van der Waals surface area contributed by atoms with Crippen LogP contribution in [0.4, 0.5) is 34.1 Å². The van der Waals surface area contributed by atoms with Gasteiger partial charge in [-0.05, 0) is 136 Å². The van der Waals surface area contributed by atoms with Gasteiger partial charge in [-0.15, -0.1) is 0 Å². The van der Waals surface area contributed by atoms with Crippen molar-refractivity contribution in [3.63, 3.8) is 0 Å². The standard InChI is InChI=1S/C79H69BN2/c1-76(2,3)58-45-57(46-59(49-58)77(4,5)6)56-42-44-69-72(48-56)82(75-62(53-29-16-11-17-30-53)35-26-36-63(75)54-31-18-12-19-32-54)73-51-60(78(7,8)9)50-67-74(73)80(69)68-43-41-55(52-27-14-10-15-28-52)47-66(68)79(67)64-37-22-24-39-70(64)81(61-33-20-13-21-34-61)71-40-25-23-38-65(71)79/h10-51H,1-9H3/i10D,14D,15D,27D,28D. The molecule has 0 aliphatic carbocycles. The molecule has 398 valence electrons. The summed E-state index contributed by atoms with van der Waals surface area (Å²) in [7, 11) is 0. The van der Waals surface area contributed by atoms with Gasteiger partial charge in [0.25, 0.3) is 0 Å². The first-order valence-corrected chi connectivity index (χ1v) is 29.0. The van der Waals surface area contributed by atoms with Crippen molar-refractivity contribution < 1.29 is 6.85 Å². The van der Waals surface area contributed by atoms with E-state index >= 15 is 0 Å². The number of nitrogens with zero attached hydrogens (tertiary/aromatic N) is 2. The lowest BCUT2D eigenvalue weighted by Gasteiger charge is -2.53. The highest BCUT2D eigenvalue weighted by Gasteiger charge is 2.56. The highest BCUT2D eigenvalue weighted by molar-refractivity contribution is 6.99. The maximum atomic E-state index is 9.49. The lowest BCUT2D eigenvalue weighted by atomic mass is 9.29. The summed E-state index contributed by atoms with van der Waals surface area (Å²) in [5, 5.41) is 0. The zero-order chi connectivity index (χ0) is 60.6. The van der Waals surface area contributed by atoms with Crippen molar-refractivity contribution in [2.75, 3.05) is 9.80 Å². The fourth-order valence-corrected chi connectivity index (χ4v) is 13.5. The van der Waals surface area contributed by atoms with Crippen LogP contribution in [0.1, 0.15) is 108 Å². The van der Waals surface area contributed by atoms with Gasteiger partial charge in [-0.1, -0.05) is 286 Å². The van der Waals surface area contributed by atoms with Crippen LogP contribution in [0.5, 0.6) is 0 Å². The molecule has 0 amide bonds. The van der Waals surface area contributed by atoms with Gasteiger partial charge in [-0.25, -0.2) is 0 Å². The Morgan fingerprint density at radius 2 is 0.841 bits per heavy atom. The highest BCUT2D eigenvalue weighted by Crippen LogP contribution is 2.60. The molecule has 0 unspecified atom stereocenters. The molecule has 3 heterocycles. The second-order valence-corrected chi connectivity index (χ2v) is 25.7. The van der Waals surface area contributed by atoms with Gasteiger partial charge in [0.15, 0.2) is 0 Å². The summed E-state index contributed by atoms with van der Waals surface area (Å²) in [6.07, 6.45) is 0. The van der Waals surface area contributed by atoms with E-state index in [2.05, 4.69) is 291 Å². The molecule has 0 saturated carbocycles. The molecule has 0 fully saturated rings. The number of rotatable bonds is 6. The number of anilines is 6. The average Bonchev–Trinajstić information content (AvgIpc) is 0.671. The Balaban J connectivity index is 1.19. The highest BCUT2D eigenvalue weighted by atomic mass is 15.2. The Morgan fingerprint density at radius 3 is 1.40 bits per heavy atom. The molecule has 0 radical (unpaired) electrons. The molecule has 0 atom stereocenters. The molecule has 3 heteroatoms. The molecule has 1 spiro atoms. The van der Waals surface area contributed by atoms with Gasteiger partial charge in [0.1, 0.15) is 0 Å². The van der Waals surface area contributed by atoms with E-state index in [1.807, 2.05) is 6.07 Å². The Morgan fingerprint density at radius 1 is 0.341 bits per heavy atom. The fourth-order valence-electron chi connectivity index (χ4n) is 13.5. The fraction of sp³-hybridized carbons (Fsp3) is 0.165. The largest absolute Gasteiger partial charge is 0.310 e. The number of hydrogen-bond acceptors (Lipinski definition) is 2. The average molecular weight is 1060 g/mol. The predicted octanol–water partition coefficient (Wildman–Crippen LogP) is 19.0. The molecule has 11 aromatic rings. The van der Waals surface area contributed by atoms with Crippen LogP contribution in [-0.4, -0.2) is 6.71 Å². The van der Waals surface area contributed by atoms with Crippen molar-refractivity contribution in [1.82, 2.24) is 0 Å². The molecular weight excluding hydrogens is 988 g/mol. The molecular formula is C79H69BN2.